The van der Waals surface area contributed by atoms with Crippen LogP contribution in [0.5, 0.6) is 5.75 Å². The third-order valence-electron chi connectivity index (χ3n) is 3.54. The summed E-state index contributed by atoms with van der Waals surface area (Å²) in [6.45, 7) is 2.68. The number of fused-ring (bicyclic) bond motifs is 1. The Labute approximate surface area is 114 Å². The topological polar surface area (TPSA) is 18.5 Å². The molecular formula is C17H18O2. The van der Waals surface area contributed by atoms with Crippen molar-refractivity contribution in [3.05, 3.63) is 65.7 Å². The van der Waals surface area contributed by atoms with Gasteiger partial charge in [0.05, 0.1) is 0 Å². The molecule has 98 valence electrons. The Kier molecular flexibility index (Phi) is 3.51. The van der Waals surface area contributed by atoms with Crippen molar-refractivity contribution in [2.45, 2.75) is 25.6 Å². The van der Waals surface area contributed by atoms with Gasteiger partial charge in [-0.3, -0.25) is 0 Å². The van der Waals surface area contributed by atoms with Gasteiger partial charge in [-0.2, -0.15) is 0 Å². The molecule has 0 aliphatic carbocycles. The second-order valence-electron chi connectivity index (χ2n) is 4.74. The zero-order valence-electron chi connectivity index (χ0n) is 11.1. The van der Waals surface area contributed by atoms with Crippen molar-refractivity contribution in [1.82, 2.24) is 0 Å². The first-order valence-electron chi connectivity index (χ1n) is 6.80. The smallest absolute Gasteiger partial charge is 0.200 e. The average molecular weight is 254 g/mol. The number of benzene rings is 2. The van der Waals surface area contributed by atoms with Crippen LogP contribution >= 0.6 is 0 Å². The van der Waals surface area contributed by atoms with E-state index in [1.807, 2.05) is 19.1 Å². The lowest BCUT2D eigenvalue weighted by molar-refractivity contribution is -0.0893. The predicted octanol–water partition coefficient (Wildman–Crippen LogP) is 3.96. The molecule has 0 fully saturated rings. The van der Waals surface area contributed by atoms with Gasteiger partial charge in [0.25, 0.3) is 0 Å². The molecule has 0 aromatic heterocycles. The van der Waals surface area contributed by atoms with Gasteiger partial charge in [0.15, 0.2) is 0 Å². The van der Waals surface area contributed by atoms with Crippen LogP contribution in [-0.2, 0) is 4.74 Å². The highest BCUT2D eigenvalue weighted by Gasteiger charge is 2.29. The first-order valence-corrected chi connectivity index (χ1v) is 6.80. The summed E-state index contributed by atoms with van der Waals surface area (Å²) in [6, 6.07) is 18.8. The average Bonchev–Trinajstić information content (AvgIpc) is 2.48. The van der Waals surface area contributed by atoms with E-state index in [9.17, 15) is 0 Å². The van der Waals surface area contributed by atoms with E-state index in [1.54, 1.807) is 0 Å². The number of para-hydroxylation sites is 1. The van der Waals surface area contributed by atoms with Gasteiger partial charge in [-0.05, 0) is 18.6 Å². The minimum atomic E-state index is -0.148. The van der Waals surface area contributed by atoms with Crippen LogP contribution in [-0.4, -0.2) is 12.9 Å². The normalized spacial score (nSPS) is 21.5. The van der Waals surface area contributed by atoms with Crippen LogP contribution < -0.4 is 4.74 Å². The molecule has 0 unspecified atom stereocenters. The quantitative estimate of drug-likeness (QED) is 0.825. The van der Waals surface area contributed by atoms with Crippen molar-refractivity contribution in [3.8, 4) is 5.75 Å². The molecule has 0 N–H and O–H groups in total. The van der Waals surface area contributed by atoms with Gasteiger partial charge < -0.3 is 9.47 Å². The van der Waals surface area contributed by atoms with Crippen LogP contribution in [0.4, 0.5) is 0 Å². The molecule has 0 bridgehead atoms. The SMILES string of the molecule is CCO[C@H]1C[C@H](c2ccccc2)c2ccccc2O1. The van der Waals surface area contributed by atoms with E-state index in [0.717, 1.165) is 12.2 Å². The largest absolute Gasteiger partial charge is 0.465 e. The zero-order valence-corrected chi connectivity index (χ0v) is 11.1. The molecule has 19 heavy (non-hydrogen) atoms. The third-order valence-corrected chi connectivity index (χ3v) is 3.54. The van der Waals surface area contributed by atoms with Gasteiger partial charge >= 0.3 is 0 Å². The van der Waals surface area contributed by atoms with Crippen molar-refractivity contribution in [2.24, 2.45) is 0 Å². The lowest BCUT2D eigenvalue weighted by Gasteiger charge is -2.32. The molecule has 2 nitrogen and oxygen atoms in total. The molecule has 2 heteroatoms. The third kappa shape index (κ3) is 2.49. The van der Waals surface area contributed by atoms with Gasteiger partial charge in [-0.25, -0.2) is 0 Å². The fraction of sp³-hybridized carbons (Fsp3) is 0.294. The molecule has 2 aromatic rings. The summed E-state index contributed by atoms with van der Waals surface area (Å²) in [5, 5.41) is 0. The van der Waals surface area contributed by atoms with Gasteiger partial charge in [0, 0.05) is 24.5 Å². The van der Waals surface area contributed by atoms with Gasteiger partial charge in [0.1, 0.15) is 5.75 Å². The second kappa shape index (κ2) is 5.45. The summed E-state index contributed by atoms with van der Waals surface area (Å²) in [7, 11) is 0. The molecule has 0 saturated heterocycles. The summed E-state index contributed by atoms with van der Waals surface area (Å²) in [5.41, 5.74) is 2.58. The van der Waals surface area contributed by atoms with Gasteiger partial charge in [0.2, 0.25) is 6.29 Å². The summed E-state index contributed by atoms with van der Waals surface area (Å²) < 4.78 is 11.6. The first-order chi connectivity index (χ1) is 9.38. The van der Waals surface area contributed by atoms with Crippen LogP contribution in [0.25, 0.3) is 0 Å². The molecule has 2 atom stereocenters. The predicted molar refractivity (Wildman–Crippen MR) is 75.4 cm³/mol. The van der Waals surface area contributed by atoms with Crippen molar-refractivity contribution in [1.29, 1.82) is 0 Å². The molecule has 0 spiro atoms. The van der Waals surface area contributed by atoms with Crippen molar-refractivity contribution in [2.75, 3.05) is 6.61 Å². The van der Waals surface area contributed by atoms with Crippen molar-refractivity contribution in [3.63, 3.8) is 0 Å². The maximum atomic E-state index is 5.90. The fourth-order valence-electron chi connectivity index (χ4n) is 2.67. The maximum Gasteiger partial charge on any atom is 0.200 e. The Bertz CT molecular complexity index is 536. The van der Waals surface area contributed by atoms with Gasteiger partial charge in [-0.15, -0.1) is 0 Å². The molecule has 3 rings (SSSR count). The van der Waals surface area contributed by atoms with Crippen LogP contribution in [0.3, 0.4) is 0 Å². The van der Waals surface area contributed by atoms with Crippen LogP contribution in [0, 0.1) is 0 Å². The first kappa shape index (κ1) is 12.2. The fourth-order valence-corrected chi connectivity index (χ4v) is 2.67. The second-order valence-corrected chi connectivity index (χ2v) is 4.74. The standard InChI is InChI=1S/C17H18O2/c1-2-18-17-12-15(13-8-4-3-5-9-13)14-10-6-7-11-16(14)19-17/h3-11,15,17H,2,12H2,1H3/t15-,17-/m1/s1. The lowest BCUT2D eigenvalue weighted by Crippen LogP contribution is -2.28. The lowest BCUT2D eigenvalue weighted by atomic mass is 9.86. The molecule has 2 aromatic carbocycles. The summed E-state index contributed by atoms with van der Waals surface area (Å²) in [4.78, 5) is 0. The minimum absolute atomic E-state index is 0.148. The Hall–Kier alpha value is -1.80. The van der Waals surface area contributed by atoms with E-state index in [4.69, 9.17) is 9.47 Å². The van der Waals surface area contributed by atoms with E-state index < -0.39 is 0 Å². The Balaban J connectivity index is 1.98. The maximum absolute atomic E-state index is 5.90. The summed E-state index contributed by atoms with van der Waals surface area (Å²) in [5.74, 6) is 1.30. The van der Waals surface area contributed by atoms with Crippen molar-refractivity contribution < 1.29 is 9.47 Å². The number of rotatable bonds is 3. The Morgan fingerprint density at radius 3 is 2.58 bits per heavy atom. The molecule has 1 aliphatic rings. The molecule has 1 heterocycles. The number of hydrogen-bond acceptors (Lipinski definition) is 2. The van der Waals surface area contributed by atoms with Crippen LogP contribution in [0.2, 0.25) is 0 Å². The number of hydrogen-bond donors (Lipinski definition) is 0. The minimum Gasteiger partial charge on any atom is -0.465 e. The van der Waals surface area contributed by atoms with E-state index in [2.05, 4.69) is 42.5 Å². The monoisotopic (exact) mass is 254 g/mol. The Morgan fingerprint density at radius 1 is 1.05 bits per heavy atom. The molecule has 0 saturated carbocycles. The molecule has 0 radical (unpaired) electrons. The Morgan fingerprint density at radius 2 is 1.79 bits per heavy atom. The van der Waals surface area contributed by atoms with E-state index in [1.165, 1.54) is 11.1 Å². The van der Waals surface area contributed by atoms with Gasteiger partial charge in [-0.1, -0.05) is 48.5 Å². The molecule has 1 aliphatic heterocycles. The number of ether oxygens (including phenoxy) is 2. The highest BCUT2D eigenvalue weighted by atomic mass is 16.7. The van der Waals surface area contributed by atoms with Crippen LogP contribution in [0.1, 0.15) is 30.4 Å². The molecular weight excluding hydrogens is 236 g/mol. The van der Waals surface area contributed by atoms with Crippen molar-refractivity contribution >= 4 is 0 Å². The van der Waals surface area contributed by atoms with E-state index in [-0.39, 0.29) is 6.29 Å². The molecule has 0 amide bonds. The van der Waals surface area contributed by atoms with E-state index >= 15 is 0 Å². The summed E-state index contributed by atoms with van der Waals surface area (Å²) >= 11 is 0. The van der Waals surface area contributed by atoms with Crippen LogP contribution in [0.15, 0.2) is 54.6 Å². The highest BCUT2D eigenvalue weighted by Crippen LogP contribution is 2.40. The highest BCUT2D eigenvalue weighted by molar-refractivity contribution is 5.43. The zero-order chi connectivity index (χ0) is 13.1. The van der Waals surface area contributed by atoms with E-state index in [0.29, 0.717) is 12.5 Å². The summed E-state index contributed by atoms with van der Waals surface area (Å²) in [6.07, 6.45) is 0.722.